The van der Waals surface area contributed by atoms with Crippen LogP contribution in [0.15, 0.2) is 72.8 Å². The van der Waals surface area contributed by atoms with Crippen molar-refractivity contribution in [3.63, 3.8) is 0 Å². The number of hydrogen-bond acceptors (Lipinski definition) is 3. The molecule has 220 valence electrons. The van der Waals surface area contributed by atoms with Gasteiger partial charge in [0.05, 0.1) is 37.3 Å². The molecule has 0 aromatic heterocycles. The quantitative estimate of drug-likeness (QED) is 0.126. The molecule has 1 aliphatic rings. The maximum atomic E-state index is 9.36. The molecule has 10 heteroatoms. The van der Waals surface area contributed by atoms with E-state index in [1.54, 1.807) is 17.4 Å². The SMILES string of the molecule is C[PH+](C)c1ccc2ccccc2c1-c1c([PH+](C)C)ccc2ccccc12.[CH2-]N[C@@H]1C[C@H](C[NH-])N(B(C)O)C1.[Cl][Ru+2][Cl]. The van der Waals surface area contributed by atoms with Crippen molar-refractivity contribution in [2.45, 2.75) is 25.3 Å². The van der Waals surface area contributed by atoms with Crippen LogP contribution in [0.5, 0.6) is 0 Å². The number of hydrogen-bond donors (Lipinski definition) is 2. The molecule has 1 heterocycles. The summed E-state index contributed by atoms with van der Waals surface area (Å²) in [6.07, 6.45) is 0.915. The van der Waals surface area contributed by atoms with Gasteiger partial charge in [-0.3, -0.25) is 7.05 Å². The topological polar surface area (TPSA) is 59.3 Å². The Balaban J connectivity index is 0.000000258. The summed E-state index contributed by atoms with van der Waals surface area (Å²) in [5, 5.41) is 20.9. The maximum absolute atomic E-state index is 9.36. The summed E-state index contributed by atoms with van der Waals surface area (Å²) in [4.78, 5) is 1.94. The van der Waals surface area contributed by atoms with Gasteiger partial charge in [-0.05, 0) is 59.0 Å². The van der Waals surface area contributed by atoms with E-state index in [1.807, 2.05) is 4.81 Å². The first kappa shape index (κ1) is 34.9. The number of nitrogens with zero attached hydrogens (tertiary/aromatic N) is 1. The molecule has 4 aromatic carbocycles. The van der Waals surface area contributed by atoms with Crippen molar-refractivity contribution < 1.29 is 20.2 Å². The zero-order valence-electron chi connectivity index (χ0n) is 24.5. The molecule has 2 atom stereocenters. The first-order valence-corrected chi connectivity index (χ1v) is 23.3. The molecule has 0 aliphatic carbocycles. The molecule has 1 saturated heterocycles. The second-order valence-electron chi connectivity index (χ2n) is 10.8. The Labute approximate surface area is 265 Å². The van der Waals surface area contributed by atoms with E-state index in [1.165, 1.54) is 32.7 Å². The molecule has 4 nitrogen and oxygen atoms in total. The van der Waals surface area contributed by atoms with Crippen molar-refractivity contribution in [1.29, 1.82) is 0 Å². The van der Waals surface area contributed by atoms with Crippen molar-refractivity contribution in [3.8, 4) is 11.1 Å². The van der Waals surface area contributed by atoms with Crippen molar-refractivity contribution in [1.82, 2.24) is 10.1 Å². The van der Waals surface area contributed by atoms with Crippen molar-refractivity contribution in [2.24, 2.45) is 0 Å². The Bertz CT molecular complexity index is 1320. The Morgan fingerprint density at radius 3 is 1.68 bits per heavy atom. The summed E-state index contributed by atoms with van der Waals surface area (Å²) in [6.45, 7) is 12.5. The molecular formula is C31H42BCl2N3OP2Ru+2. The van der Waals surface area contributed by atoms with Crippen LogP contribution in [0.25, 0.3) is 38.4 Å². The van der Waals surface area contributed by atoms with Gasteiger partial charge < -0.3 is 20.9 Å². The van der Waals surface area contributed by atoms with E-state index in [4.69, 9.17) is 25.1 Å². The van der Waals surface area contributed by atoms with E-state index in [2.05, 4.69) is 112 Å². The normalized spacial score (nSPS) is 17.0. The molecule has 0 radical (unpaired) electrons. The van der Waals surface area contributed by atoms with E-state index >= 15 is 0 Å². The Hall–Kier alpha value is -0.632. The molecule has 0 amide bonds. The van der Waals surface area contributed by atoms with Crippen LogP contribution in [0.2, 0.25) is 6.82 Å². The fourth-order valence-corrected chi connectivity index (χ4v) is 8.02. The van der Waals surface area contributed by atoms with Gasteiger partial charge in [0.1, 0.15) is 0 Å². The molecule has 4 aromatic rings. The van der Waals surface area contributed by atoms with E-state index in [-0.39, 0.29) is 21.2 Å². The van der Waals surface area contributed by atoms with Gasteiger partial charge in [-0.25, -0.2) is 0 Å². The second-order valence-corrected chi connectivity index (χ2v) is 18.5. The van der Waals surface area contributed by atoms with E-state index < -0.39 is 22.9 Å². The third kappa shape index (κ3) is 8.73. The fourth-order valence-electron chi connectivity index (χ4n) is 5.66. The molecule has 1 aliphatic heterocycles. The molecule has 0 unspecified atom stereocenters. The second kappa shape index (κ2) is 17.0. The first-order valence-electron chi connectivity index (χ1n) is 13.8. The van der Waals surface area contributed by atoms with Crippen molar-refractivity contribution in [2.75, 3.05) is 39.7 Å². The Morgan fingerprint density at radius 2 is 1.34 bits per heavy atom. The monoisotopic (exact) mass is 717 g/mol. The summed E-state index contributed by atoms with van der Waals surface area (Å²) >= 11 is -0.346. The van der Waals surface area contributed by atoms with Crippen LogP contribution >= 0.6 is 35.2 Å². The molecule has 5 rings (SSSR count). The number of rotatable bonds is 6. The van der Waals surface area contributed by atoms with Crippen molar-refractivity contribution >= 4 is 74.4 Å². The number of nitrogens with one attached hydrogen (secondary N) is 2. The van der Waals surface area contributed by atoms with Crippen LogP contribution in [-0.2, 0) is 15.1 Å². The Morgan fingerprint density at radius 1 is 0.902 bits per heavy atom. The van der Waals surface area contributed by atoms with E-state index in [0.717, 1.165) is 13.0 Å². The van der Waals surface area contributed by atoms with E-state index in [0.29, 0.717) is 12.6 Å². The summed E-state index contributed by atoms with van der Waals surface area (Å²) < 4.78 is 0. The van der Waals surface area contributed by atoms with Crippen LogP contribution in [0.4, 0.5) is 0 Å². The molecular weight excluding hydrogens is 675 g/mol. The van der Waals surface area contributed by atoms with Gasteiger partial charge >= 0.3 is 41.6 Å². The molecule has 1 fully saturated rings. The molecule has 3 N–H and O–H groups in total. The summed E-state index contributed by atoms with van der Waals surface area (Å²) in [5.41, 5.74) is 10.3. The van der Waals surface area contributed by atoms with Gasteiger partial charge in [-0.15, -0.1) is 6.54 Å². The van der Waals surface area contributed by atoms with Gasteiger partial charge in [0.2, 0.25) is 0 Å². The zero-order valence-corrected chi connectivity index (χ0v) is 29.7. The number of fused-ring (bicyclic) bond motifs is 2. The van der Waals surface area contributed by atoms with Gasteiger partial charge in [-0.1, -0.05) is 60.7 Å². The molecule has 0 bridgehead atoms. The summed E-state index contributed by atoms with van der Waals surface area (Å²) in [7, 11) is 11.7. The van der Waals surface area contributed by atoms with E-state index in [9.17, 15) is 5.02 Å². The standard InChI is InChI=1S/C24H24P2.C7H16BN3O.2ClH.Ru/c1-25(2)21-15-13-17-9-5-7-11-19(17)23(21)24-20-12-8-6-10-18(20)14-16-22(24)26(3)4;1-8(12)11-5-6(10-2)3-7(11)4-9;;;/h5-16H,1-4H3;6-7,9-10,12H,2-5H2,1H3;2*1H;/q;-2;;;+4/t;6-,7-;;;/m.1.../s1. The first-order chi connectivity index (χ1) is 19.7. The summed E-state index contributed by atoms with van der Waals surface area (Å²) in [6, 6.07) is 27.7. The minimum atomic E-state index is -0.578. The zero-order chi connectivity index (χ0) is 30.1. The predicted octanol–water partition coefficient (Wildman–Crippen LogP) is 7.21. The minimum absolute atomic E-state index is 0.184. The van der Waals surface area contributed by atoms with Crippen molar-refractivity contribution in [3.05, 3.63) is 85.6 Å². The Kier molecular flexibility index (Phi) is 14.5. The van der Waals surface area contributed by atoms with Crippen LogP contribution in [0.1, 0.15) is 6.42 Å². The summed E-state index contributed by atoms with van der Waals surface area (Å²) in [5.74, 6) is 0. The van der Waals surface area contributed by atoms with Gasteiger partial charge in [-0.2, -0.15) is 0 Å². The molecule has 0 spiro atoms. The predicted molar refractivity (Wildman–Crippen MR) is 189 cm³/mol. The average molecular weight is 717 g/mol. The van der Waals surface area contributed by atoms with Gasteiger partial charge in [0, 0.05) is 33.5 Å². The van der Waals surface area contributed by atoms with Gasteiger partial charge in [0.25, 0.3) is 0 Å². The molecule has 41 heavy (non-hydrogen) atoms. The third-order valence-corrected chi connectivity index (χ3v) is 10.6. The van der Waals surface area contributed by atoms with Crippen LogP contribution in [0, 0.1) is 7.05 Å². The fraction of sp³-hybridized carbons (Fsp3) is 0.323. The molecule has 0 saturated carbocycles. The number of halogens is 2. The van der Waals surface area contributed by atoms with Crippen LogP contribution < -0.4 is 15.9 Å². The third-order valence-electron chi connectivity index (χ3n) is 7.65. The van der Waals surface area contributed by atoms with Gasteiger partial charge in [0.15, 0.2) is 0 Å². The van der Waals surface area contributed by atoms with Crippen LogP contribution in [0.3, 0.4) is 0 Å². The average Bonchev–Trinajstić information content (AvgIpc) is 3.41. The number of benzene rings is 4. The van der Waals surface area contributed by atoms with Crippen LogP contribution in [-0.4, -0.2) is 68.7 Å².